The lowest BCUT2D eigenvalue weighted by atomic mass is 9.90. The molecule has 1 aliphatic rings. The van der Waals surface area contributed by atoms with Gasteiger partial charge in [-0.3, -0.25) is 10.6 Å². The number of hydrogen-bond acceptors (Lipinski definition) is 6. The Morgan fingerprint density at radius 3 is 2.35 bits per heavy atom. The van der Waals surface area contributed by atoms with Crippen LogP contribution in [0.5, 0.6) is 0 Å². The van der Waals surface area contributed by atoms with Crippen LogP contribution in [0.1, 0.15) is 5.56 Å². The van der Waals surface area contributed by atoms with Crippen molar-refractivity contribution in [3.8, 4) is 0 Å². The third-order valence-corrected chi connectivity index (χ3v) is 4.16. The number of carbonyl (C=O) groups is 3. The number of nitrogens with one attached hydrogen (secondary N) is 2. The maximum Gasteiger partial charge on any atom is 0.490 e. The Morgan fingerprint density at radius 2 is 1.82 bits per heavy atom. The Bertz CT molecular complexity index is 1070. The first-order valence-electron chi connectivity index (χ1n) is 8.67. The Balaban J connectivity index is 0.000000509. The lowest BCUT2D eigenvalue weighted by Gasteiger charge is -2.38. The number of amides is 2. The lowest BCUT2D eigenvalue weighted by Crippen LogP contribution is -2.53. The van der Waals surface area contributed by atoms with E-state index in [2.05, 4.69) is 20.4 Å². The molecule has 2 heterocycles. The largest absolute Gasteiger partial charge is 0.490 e. The van der Waals surface area contributed by atoms with Crippen LogP contribution in [0, 0.1) is 0 Å². The van der Waals surface area contributed by atoms with Crippen LogP contribution in [0.3, 0.4) is 0 Å². The molecule has 0 fully saturated rings. The average Bonchev–Trinajstić information content (AvgIpc) is 2.72. The van der Waals surface area contributed by atoms with Crippen molar-refractivity contribution >= 4 is 41.3 Å². The second kappa shape index (κ2) is 10.0. The number of fused-ring (bicyclic) bond motifs is 1. The third kappa shape index (κ3) is 6.40. The SMILES string of the molecule is O=C(Nc1ccccn1)OCC1(C(F)(F)F)OC(=O)Nc2ccc(Cl)cc21.O=C(O)C(F)(F)F. The molecule has 0 spiro atoms. The van der Waals surface area contributed by atoms with Crippen LogP contribution in [0.4, 0.5) is 47.4 Å². The molecule has 0 saturated heterocycles. The van der Waals surface area contributed by atoms with E-state index in [1.807, 2.05) is 0 Å². The number of cyclic esters (lactones) is 1. The second-order valence-corrected chi connectivity index (χ2v) is 6.68. The van der Waals surface area contributed by atoms with Crippen LogP contribution in [-0.4, -0.2) is 47.2 Å². The van der Waals surface area contributed by atoms with E-state index in [1.54, 1.807) is 12.1 Å². The summed E-state index contributed by atoms with van der Waals surface area (Å²) in [5, 5.41) is 11.4. The highest BCUT2D eigenvalue weighted by atomic mass is 35.5. The molecule has 34 heavy (non-hydrogen) atoms. The molecule has 184 valence electrons. The highest BCUT2D eigenvalue weighted by molar-refractivity contribution is 6.30. The second-order valence-electron chi connectivity index (χ2n) is 6.25. The maximum absolute atomic E-state index is 13.9. The summed E-state index contributed by atoms with van der Waals surface area (Å²) in [7, 11) is 0. The molecule has 2 amide bonds. The summed E-state index contributed by atoms with van der Waals surface area (Å²) in [4.78, 5) is 36.2. The lowest BCUT2D eigenvalue weighted by molar-refractivity contribution is -0.274. The molecule has 0 bridgehead atoms. The summed E-state index contributed by atoms with van der Waals surface area (Å²) in [5.74, 6) is -2.68. The van der Waals surface area contributed by atoms with E-state index < -0.39 is 48.3 Å². The minimum Gasteiger partial charge on any atom is -0.475 e. The number of carboxylic acids is 1. The van der Waals surface area contributed by atoms with Crippen molar-refractivity contribution in [3.05, 3.63) is 53.2 Å². The molecule has 0 aliphatic carbocycles. The first-order chi connectivity index (χ1) is 15.7. The van der Waals surface area contributed by atoms with Crippen molar-refractivity contribution < 1.29 is 55.3 Å². The number of alkyl halides is 6. The number of halogens is 7. The van der Waals surface area contributed by atoms with Gasteiger partial charge in [0.25, 0.3) is 5.60 Å². The molecular formula is C18H12ClF6N3O6. The summed E-state index contributed by atoms with van der Waals surface area (Å²) in [5.41, 5.74) is -3.84. The standard InChI is InChI=1S/C16H11ClF3N3O4.C2HF3O2/c17-9-4-5-11-10(7-9)15(16(18,19)20,27-14(25)22-11)8-26-13(24)23-12-3-1-2-6-21-12;3-2(4,5)1(6)7/h1-7H,8H2,(H,22,25)(H,21,23,24);(H,6,7). The van der Waals surface area contributed by atoms with Crippen LogP contribution in [-0.2, 0) is 19.9 Å². The van der Waals surface area contributed by atoms with E-state index in [9.17, 15) is 35.9 Å². The zero-order valence-corrected chi connectivity index (χ0v) is 17.1. The number of pyridine rings is 1. The van der Waals surface area contributed by atoms with E-state index in [0.717, 1.165) is 6.07 Å². The van der Waals surface area contributed by atoms with E-state index in [4.69, 9.17) is 26.2 Å². The molecule has 0 saturated carbocycles. The fourth-order valence-corrected chi connectivity index (χ4v) is 2.62. The average molecular weight is 516 g/mol. The number of hydrogen-bond donors (Lipinski definition) is 3. The van der Waals surface area contributed by atoms with Gasteiger partial charge >= 0.3 is 30.5 Å². The smallest absolute Gasteiger partial charge is 0.475 e. The van der Waals surface area contributed by atoms with Crippen molar-refractivity contribution in [1.29, 1.82) is 0 Å². The summed E-state index contributed by atoms with van der Waals surface area (Å²) < 4.78 is 82.7. The number of carbonyl (C=O) groups excluding carboxylic acids is 2. The molecule has 16 heteroatoms. The fourth-order valence-electron chi connectivity index (χ4n) is 2.45. The Kier molecular flexibility index (Phi) is 7.82. The summed E-state index contributed by atoms with van der Waals surface area (Å²) in [6.07, 6.45) is -11.3. The van der Waals surface area contributed by atoms with E-state index >= 15 is 0 Å². The normalized spacial score (nSPS) is 17.2. The molecule has 3 rings (SSSR count). The van der Waals surface area contributed by atoms with Gasteiger partial charge in [-0.2, -0.15) is 26.3 Å². The number of carboxylic acid groups (broad SMARTS) is 1. The number of nitrogens with zero attached hydrogens (tertiary/aromatic N) is 1. The minimum absolute atomic E-state index is 0.0138. The quantitative estimate of drug-likeness (QED) is 0.494. The van der Waals surface area contributed by atoms with Gasteiger partial charge in [0, 0.05) is 16.8 Å². The van der Waals surface area contributed by atoms with Crippen LogP contribution < -0.4 is 10.6 Å². The van der Waals surface area contributed by atoms with Crippen LogP contribution in [0.25, 0.3) is 0 Å². The van der Waals surface area contributed by atoms with Crippen molar-refractivity contribution in [2.45, 2.75) is 18.0 Å². The summed E-state index contributed by atoms with van der Waals surface area (Å²) in [6.45, 7) is -1.31. The Morgan fingerprint density at radius 1 is 1.18 bits per heavy atom. The van der Waals surface area contributed by atoms with Crippen molar-refractivity contribution in [1.82, 2.24) is 4.98 Å². The van der Waals surface area contributed by atoms with Crippen molar-refractivity contribution in [3.63, 3.8) is 0 Å². The van der Waals surface area contributed by atoms with Gasteiger partial charge < -0.3 is 14.6 Å². The number of aliphatic carboxylic acids is 1. The zero-order valence-electron chi connectivity index (χ0n) is 16.3. The van der Waals surface area contributed by atoms with Crippen molar-refractivity contribution in [2.24, 2.45) is 0 Å². The number of aromatic nitrogens is 1. The van der Waals surface area contributed by atoms with Crippen LogP contribution in [0.2, 0.25) is 5.02 Å². The minimum atomic E-state index is -5.09. The molecule has 1 aromatic carbocycles. The third-order valence-electron chi connectivity index (χ3n) is 3.92. The fraction of sp³-hybridized carbons (Fsp3) is 0.222. The maximum atomic E-state index is 13.9. The van der Waals surface area contributed by atoms with Gasteiger partial charge in [-0.05, 0) is 30.3 Å². The van der Waals surface area contributed by atoms with Gasteiger partial charge in [0.2, 0.25) is 0 Å². The van der Waals surface area contributed by atoms with Gasteiger partial charge in [-0.25, -0.2) is 19.4 Å². The number of rotatable bonds is 3. The molecule has 1 atom stereocenters. The first kappa shape index (κ1) is 26.5. The molecule has 9 nitrogen and oxygen atoms in total. The highest BCUT2D eigenvalue weighted by Gasteiger charge is 2.63. The zero-order chi connectivity index (χ0) is 25.7. The van der Waals surface area contributed by atoms with Crippen molar-refractivity contribution in [2.75, 3.05) is 17.2 Å². The molecule has 3 N–H and O–H groups in total. The first-order valence-corrected chi connectivity index (χ1v) is 9.05. The van der Waals surface area contributed by atoms with Crippen LogP contribution in [0.15, 0.2) is 42.6 Å². The molecule has 1 aliphatic heterocycles. The number of ether oxygens (including phenoxy) is 2. The van der Waals surface area contributed by atoms with Gasteiger partial charge in [0.1, 0.15) is 12.4 Å². The number of benzene rings is 1. The van der Waals surface area contributed by atoms with E-state index in [1.165, 1.54) is 24.4 Å². The molecule has 2 aromatic rings. The predicted molar refractivity (Wildman–Crippen MR) is 102 cm³/mol. The van der Waals surface area contributed by atoms with Gasteiger partial charge in [-0.1, -0.05) is 17.7 Å². The molecular weight excluding hydrogens is 504 g/mol. The van der Waals surface area contributed by atoms with Gasteiger partial charge in [0.15, 0.2) is 0 Å². The molecule has 1 unspecified atom stereocenters. The van der Waals surface area contributed by atoms with Crippen LogP contribution >= 0.6 is 11.6 Å². The van der Waals surface area contributed by atoms with Gasteiger partial charge in [-0.15, -0.1) is 0 Å². The molecule has 0 radical (unpaired) electrons. The van der Waals surface area contributed by atoms with Gasteiger partial charge in [0.05, 0.1) is 5.69 Å². The number of anilines is 2. The Labute approximate surface area is 190 Å². The monoisotopic (exact) mass is 515 g/mol. The predicted octanol–water partition coefficient (Wildman–Crippen LogP) is 4.94. The summed E-state index contributed by atoms with van der Waals surface area (Å²) in [6, 6.07) is 8.06. The topological polar surface area (TPSA) is 127 Å². The molecule has 1 aromatic heterocycles. The highest BCUT2D eigenvalue weighted by Crippen LogP contribution is 2.48. The van der Waals surface area contributed by atoms with E-state index in [0.29, 0.717) is 0 Å². The Hall–Kier alpha value is -3.75. The summed E-state index contributed by atoms with van der Waals surface area (Å²) >= 11 is 5.80. The van der Waals surface area contributed by atoms with E-state index in [-0.39, 0.29) is 16.5 Å².